The fraction of sp³-hybridized carbons (Fsp3) is 0.621. The molecule has 10 nitrogen and oxygen atoms in total. The number of hydrogen-bond donors (Lipinski definition) is 4. The second kappa shape index (κ2) is 10.7. The lowest BCUT2D eigenvalue weighted by molar-refractivity contribution is -0.181. The van der Waals surface area contributed by atoms with Gasteiger partial charge in [-0.25, -0.2) is 0 Å². The molecule has 2 saturated carbocycles. The van der Waals surface area contributed by atoms with E-state index in [-0.39, 0.29) is 29.6 Å². The molecule has 0 bridgehead atoms. The van der Waals surface area contributed by atoms with Gasteiger partial charge in [-0.15, -0.1) is 0 Å². The first-order chi connectivity index (χ1) is 18.6. The van der Waals surface area contributed by atoms with E-state index in [9.17, 15) is 34.2 Å². The molecule has 1 aromatic carbocycles. The highest BCUT2D eigenvalue weighted by atomic mass is 32.2. The predicted molar refractivity (Wildman–Crippen MR) is 150 cm³/mol. The van der Waals surface area contributed by atoms with Crippen LogP contribution < -0.4 is 11.1 Å². The van der Waals surface area contributed by atoms with Crippen molar-refractivity contribution >= 4 is 40.8 Å². The summed E-state index contributed by atoms with van der Waals surface area (Å²) in [6, 6.07) is 0.773. The van der Waals surface area contributed by atoms with Crippen molar-refractivity contribution in [1.82, 2.24) is 10.2 Å². The summed E-state index contributed by atoms with van der Waals surface area (Å²) in [5.41, 5.74) is 4.76. The van der Waals surface area contributed by atoms with E-state index in [1.165, 1.54) is 16.7 Å². The van der Waals surface area contributed by atoms with Gasteiger partial charge in [-0.2, -0.15) is 11.8 Å². The number of phenols is 1. The number of primary amides is 1. The Hall–Kier alpha value is -2.60. The van der Waals surface area contributed by atoms with Crippen molar-refractivity contribution in [2.24, 2.45) is 34.8 Å². The zero-order chi connectivity index (χ0) is 29.9. The molecule has 2 unspecified atom stereocenters. The molecular formula is C29H39N3O7S. The lowest BCUT2D eigenvalue weighted by atomic mass is 9.52. The van der Waals surface area contributed by atoms with E-state index >= 15 is 0 Å². The Labute approximate surface area is 238 Å². The Bertz CT molecular complexity index is 1290. The first-order valence-corrected chi connectivity index (χ1v) is 14.9. The number of likely N-dealkylation sites (N-methyl/N-ethyl adjacent to an activating group) is 1. The van der Waals surface area contributed by atoms with Crippen LogP contribution in [0, 0.1) is 29.1 Å². The summed E-state index contributed by atoms with van der Waals surface area (Å²) >= 11 is 1.48. The van der Waals surface area contributed by atoms with Gasteiger partial charge in [0.05, 0.1) is 17.5 Å². The van der Waals surface area contributed by atoms with Crippen LogP contribution in [0.25, 0.3) is 0 Å². The summed E-state index contributed by atoms with van der Waals surface area (Å²) < 4.78 is 0. The average molecular weight is 574 g/mol. The van der Waals surface area contributed by atoms with Gasteiger partial charge < -0.3 is 21.3 Å². The number of carbonyl (C=O) groups excluding carboxylic acids is 5. The number of aliphatic hydroxyl groups is 1. The Balaban J connectivity index is 1.83. The molecule has 0 heterocycles. The molecule has 218 valence electrons. The third-order valence-electron chi connectivity index (χ3n) is 8.50. The van der Waals surface area contributed by atoms with Gasteiger partial charge >= 0.3 is 0 Å². The van der Waals surface area contributed by atoms with Crippen molar-refractivity contribution in [3.8, 4) is 5.75 Å². The van der Waals surface area contributed by atoms with Crippen LogP contribution in [0.15, 0.2) is 6.07 Å². The van der Waals surface area contributed by atoms with Crippen LogP contribution in [-0.4, -0.2) is 82.7 Å². The molecular weight excluding hydrogens is 534 g/mol. The number of thioether (sulfide) groups is 1. The van der Waals surface area contributed by atoms with Crippen molar-refractivity contribution < 1.29 is 34.2 Å². The Morgan fingerprint density at radius 2 is 1.82 bits per heavy atom. The number of fused-ring (bicyclic) bond motifs is 3. The maximum Gasteiger partial charge on any atom is 0.235 e. The molecule has 3 aliphatic carbocycles. The molecule has 1 aromatic rings. The Morgan fingerprint density at radius 1 is 1.18 bits per heavy atom. The SMILES string of the molecule is CSCc1cc(CNCC(C)(C)C)c2c(c1O)C(=O)C1C(=O)[C@]3(O)C(=O)C(C(N)=O)C(=O)[C@@H](N(C)C)[C@@H]3C[C@@H]1C2. The lowest BCUT2D eigenvalue weighted by Crippen LogP contribution is -2.74. The van der Waals surface area contributed by atoms with Crippen molar-refractivity contribution in [3.05, 3.63) is 28.3 Å². The van der Waals surface area contributed by atoms with Crippen LogP contribution in [0.4, 0.5) is 0 Å². The summed E-state index contributed by atoms with van der Waals surface area (Å²) in [6.07, 6.45) is 2.17. The smallest absolute Gasteiger partial charge is 0.235 e. The number of nitrogens with two attached hydrogens (primary N) is 1. The van der Waals surface area contributed by atoms with Crippen molar-refractivity contribution in [1.29, 1.82) is 0 Å². The largest absolute Gasteiger partial charge is 0.507 e. The van der Waals surface area contributed by atoms with E-state index in [1.54, 1.807) is 14.1 Å². The highest BCUT2D eigenvalue weighted by Crippen LogP contribution is 2.51. The van der Waals surface area contributed by atoms with Crippen LogP contribution in [0.3, 0.4) is 0 Å². The predicted octanol–water partition coefficient (Wildman–Crippen LogP) is 0.866. The molecule has 6 atom stereocenters. The molecule has 40 heavy (non-hydrogen) atoms. The van der Waals surface area contributed by atoms with Crippen LogP contribution in [0.2, 0.25) is 0 Å². The minimum absolute atomic E-state index is 0.0181. The standard InChI is InChI=1S/C29H39N3O7S/c1-28(2,3)12-31-10-14-7-15(11-40-6)22(33)19-16(14)8-13-9-17-21(32(4)5)24(35)20(27(30)38)26(37)29(17,39)25(36)18(13)23(19)34/h7,13,17-18,20-21,31,33,39H,8-12H2,1-6H3,(H2,30,38)/t13-,17-,18?,20?,21-,29-/m0/s1. The van der Waals surface area contributed by atoms with Gasteiger partial charge in [0.25, 0.3) is 0 Å². The number of Topliss-reactive ketones (excluding diaryl/α,β-unsaturated/α-hetero) is 4. The van der Waals surface area contributed by atoms with Crippen LogP contribution in [-0.2, 0) is 37.9 Å². The average Bonchev–Trinajstić information content (AvgIpc) is 2.83. The van der Waals surface area contributed by atoms with Gasteiger partial charge in [-0.1, -0.05) is 20.8 Å². The second-order valence-electron chi connectivity index (χ2n) is 12.8. The summed E-state index contributed by atoms with van der Waals surface area (Å²) in [5.74, 6) is -9.81. The topological polar surface area (TPSA) is 167 Å². The summed E-state index contributed by atoms with van der Waals surface area (Å²) in [4.78, 5) is 68.3. The molecule has 0 aliphatic heterocycles. The van der Waals surface area contributed by atoms with E-state index in [0.717, 1.165) is 5.56 Å². The molecule has 4 rings (SSSR count). The minimum atomic E-state index is -2.72. The molecule has 1 amide bonds. The molecule has 3 aliphatic rings. The zero-order valence-electron chi connectivity index (χ0n) is 23.9. The summed E-state index contributed by atoms with van der Waals surface area (Å²) in [7, 11) is 3.14. The van der Waals surface area contributed by atoms with E-state index in [1.807, 2.05) is 12.3 Å². The summed E-state index contributed by atoms with van der Waals surface area (Å²) in [6.45, 7) is 7.47. The molecule has 2 fully saturated rings. The molecule has 5 N–H and O–H groups in total. The van der Waals surface area contributed by atoms with Crippen molar-refractivity contribution in [3.63, 3.8) is 0 Å². The number of nitrogens with zero attached hydrogens (tertiary/aromatic N) is 1. The number of rotatable bonds is 7. The molecule has 0 aromatic heterocycles. The number of hydrogen-bond acceptors (Lipinski definition) is 10. The highest BCUT2D eigenvalue weighted by molar-refractivity contribution is 7.97. The maximum absolute atomic E-state index is 14.0. The maximum atomic E-state index is 14.0. The van der Waals surface area contributed by atoms with Gasteiger partial charge in [-0.05, 0) is 61.7 Å². The molecule has 11 heteroatoms. The van der Waals surface area contributed by atoms with Crippen molar-refractivity contribution in [2.45, 2.75) is 57.6 Å². The molecule has 0 radical (unpaired) electrons. The fourth-order valence-electron chi connectivity index (χ4n) is 6.81. The van der Waals surface area contributed by atoms with Crippen LogP contribution in [0.1, 0.15) is 54.2 Å². The first-order valence-electron chi connectivity index (χ1n) is 13.5. The number of nitrogens with one attached hydrogen (secondary N) is 1. The monoisotopic (exact) mass is 573 g/mol. The summed E-state index contributed by atoms with van der Waals surface area (Å²) in [5, 5.41) is 26.4. The number of benzene rings is 1. The highest BCUT2D eigenvalue weighted by Gasteiger charge is 2.69. The number of phenolic OH excluding ortho intramolecular Hbond substituents is 1. The number of amides is 1. The first kappa shape index (κ1) is 30.4. The second-order valence-corrected chi connectivity index (χ2v) is 13.6. The zero-order valence-corrected chi connectivity index (χ0v) is 24.7. The van der Waals surface area contributed by atoms with E-state index in [4.69, 9.17) is 5.73 Å². The lowest BCUT2D eigenvalue weighted by Gasteiger charge is -2.52. The number of ketones is 4. The number of aromatic hydroxyl groups is 1. The quantitative estimate of drug-likeness (QED) is 0.344. The third-order valence-corrected chi connectivity index (χ3v) is 9.10. The molecule has 0 saturated heterocycles. The van der Waals surface area contributed by atoms with Crippen LogP contribution >= 0.6 is 11.8 Å². The Kier molecular flexibility index (Phi) is 8.09. The van der Waals surface area contributed by atoms with Gasteiger partial charge in [0, 0.05) is 30.3 Å². The third kappa shape index (κ3) is 4.80. The van der Waals surface area contributed by atoms with E-state index in [2.05, 4.69) is 26.1 Å². The van der Waals surface area contributed by atoms with Gasteiger partial charge in [-0.3, -0.25) is 28.9 Å². The van der Waals surface area contributed by atoms with Gasteiger partial charge in [0.1, 0.15) is 5.75 Å². The van der Waals surface area contributed by atoms with E-state index < -0.39 is 64.4 Å². The van der Waals surface area contributed by atoms with Crippen LogP contribution in [0.5, 0.6) is 5.75 Å². The normalized spacial score (nSPS) is 30.2. The minimum Gasteiger partial charge on any atom is -0.507 e. The Morgan fingerprint density at radius 3 is 2.38 bits per heavy atom. The van der Waals surface area contributed by atoms with Crippen molar-refractivity contribution in [2.75, 3.05) is 26.9 Å². The fourth-order valence-corrected chi connectivity index (χ4v) is 7.34. The van der Waals surface area contributed by atoms with E-state index in [0.29, 0.717) is 30.0 Å². The molecule has 0 spiro atoms. The van der Waals surface area contributed by atoms with Gasteiger partial charge in [0.2, 0.25) is 5.91 Å². The number of carbonyl (C=O) groups is 5. The van der Waals surface area contributed by atoms with Gasteiger partial charge in [0.15, 0.2) is 34.7 Å².